The minimum Gasteiger partial charge on any atom is -0.378 e. The van der Waals surface area contributed by atoms with Crippen LogP contribution in [0.4, 0.5) is 0 Å². The molecule has 0 aromatic carbocycles. The van der Waals surface area contributed by atoms with E-state index in [1.807, 2.05) is 0 Å². The van der Waals surface area contributed by atoms with E-state index in [4.69, 9.17) is 29.5 Å². The van der Waals surface area contributed by atoms with Crippen LogP contribution in [-0.4, -0.2) is 82.2 Å². The Morgan fingerprint density at radius 3 is 1.63 bits per heavy atom. The molecule has 12 heteroatoms. The highest BCUT2D eigenvalue weighted by atomic mass is 16.7. The average Bonchev–Trinajstić information content (AvgIpc) is 2.91. The van der Waals surface area contributed by atoms with Crippen LogP contribution in [-0.2, 0) is 38.2 Å². The highest BCUT2D eigenvalue weighted by molar-refractivity contribution is 6.01. The monoisotopic (exact) mass is 396 g/mol. The number of rotatable bonds is 15. The summed E-state index contributed by atoms with van der Waals surface area (Å²) in [4.78, 5) is 38.7. The minimum atomic E-state index is -0.685. The number of nitrogens with two attached hydrogens (primary N) is 1. The van der Waals surface area contributed by atoms with Gasteiger partial charge in [-0.15, -0.1) is 5.06 Å². The third-order valence-electron chi connectivity index (χ3n) is 3.03. The number of ether oxygens (including phenoxy) is 4. The molecule has 2 amide bonds. The predicted octanol–water partition coefficient (Wildman–Crippen LogP) is -0.667. The number of carbonyl (C=O) groups excluding carboxylic acids is 3. The summed E-state index contributed by atoms with van der Waals surface area (Å²) in [6, 6.07) is 0. The van der Waals surface area contributed by atoms with Crippen molar-refractivity contribution in [3.05, 3.63) is 0 Å². The molecule has 1 saturated heterocycles. The lowest BCUT2D eigenvalue weighted by molar-refractivity contribution is -0.198. The van der Waals surface area contributed by atoms with Crippen molar-refractivity contribution in [2.75, 3.05) is 59.4 Å². The van der Waals surface area contributed by atoms with E-state index >= 15 is 0 Å². The molecule has 1 heterocycles. The summed E-state index contributed by atoms with van der Waals surface area (Å²) in [5.74, 6) is -1.68. The highest BCUT2D eigenvalue weighted by Gasteiger charge is 2.32. The van der Waals surface area contributed by atoms with Crippen molar-refractivity contribution in [2.24, 2.45) is 5.73 Å². The molecule has 0 aromatic rings. The first-order chi connectivity index (χ1) is 12.1. The van der Waals surface area contributed by atoms with Gasteiger partial charge in [-0.05, 0) is 0 Å². The number of carbonyl (C=O) groups is 3. The fourth-order valence-corrected chi connectivity index (χ4v) is 1.81. The van der Waals surface area contributed by atoms with Crippen LogP contribution in [0.1, 0.15) is 19.3 Å². The van der Waals surface area contributed by atoms with E-state index in [-0.39, 0.29) is 38.2 Å². The number of imide groups is 1. The lowest BCUT2D eigenvalue weighted by Crippen LogP contribution is -2.32. The van der Waals surface area contributed by atoms with Crippen LogP contribution in [0.2, 0.25) is 0 Å². The maximum absolute atomic E-state index is 11.5. The van der Waals surface area contributed by atoms with Gasteiger partial charge >= 0.3 is 5.97 Å². The molecule has 0 aliphatic carbocycles. The first kappa shape index (κ1) is 27.5. The quantitative estimate of drug-likeness (QED) is 0.234. The van der Waals surface area contributed by atoms with Gasteiger partial charge in [0.15, 0.2) is 0 Å². The summed E-state index contributed by atoms with van der Waals surface area (Å²) in [5.41, 5.74) is 5.27. The van der Waals surface area contributed by atoms with Gasteiger partial charge in [0.25, 0.3) is 11.8 Å². The summed E-state index contributed by atoms with van der Waals surface area (Å²) in [6.45, 7) is 3.70. The summed E-state index contributed by atoms with van der Waals surface area (Å²) in [5, 5.41) is 0.520. The summed E-state index contributed by atoms with van der Waals surface area (Å²) in [7, 11) is 0. The molecular weight excluding hydrogens is 364 g/mol. The van der Waals surface area contributed by atoms with E-state index in [0.29, 0.717) is 57.9 Å². The number of hydrogen-bond donors (Lipinski definition) is 3. The lowest BCUT2D eigenvalue weighted by Gasteiger charge is -2.12. The van der Waals surface area contributed by atoms with Crippen molar-refractivity contribution in [3.63, 3.8) is 0 Å². The number of nitrogens with zero attached hydrogens (tertiary/aromatic N) is 1. The summed E-state index contributed by atoms with van der Waals surface area (Å²) < 4.78 is 20.9. The summed E-state index contributed by atoms with van der Waals surface area (Å²) in [6.07, 6.45) is 0.0950. The van der Waals surface area contributed by atoms with E-state index in [9.17, 15) is 14.4 Å². The Kier molecular flexibility index (Phi) is 18.1. The zero-order valence-corrected chi connectivity index (χ0v) is 15.7. The van der Waals surface area contributed by atoms with E-state index in [2.05, 4.69) is 0 Å². The van der Waals surface area contributed by atoms with Crippen molar-refractivity contribution < 1.29 is 38.2 Å². The largest absolute Gasteiger partial charge is 0.378 e. The number of hydrogen-bond acceptors (Lipinski definition) is 11. The maximum Gasteiger partial charge on any atom is 0.335 e. The number of hydroxylamine groups is 2. The molecule has 12 nitrogen and oxygen atoms in total. The van der Waals surface area contributed by atoms with Gasteiger partial charge in [-0.1, -0.05) is 0 Å². The van der Waals surface area contributed by atoms with Crippen molar-refractivity contribution >= 4 is 17.8 Å². The highest BCUT2D eigenvalue weighted by Crippen LogP contribution is 2.12. The van der Waals surface area contributed by atoms with Crippen molar-refractivity contribution in [3.8, 4) is 0 Å². The molecule has 0 bridgehead atoms. The van der Waals surface area contributed by atoms with Crippen LogP contribution in [0.25, 0.3) is 0 Å². The topological polar surface area (TPSA) is 197 Å². The fraction of sp³-hybridized carbons (Fsp3) is 0.800. The SMILES string of the molecule is N.N.NCCOCCOCCOCCOCCC(=O)ON1C(=O)CCC1=O. The van der Waals surface area contributed by atoms with E-state index in [1.54, 1.807) is 0 Å². The van der Waals surface area contributed by atoms with Crippen LogP contribution in [0.3, 0.4) is 0 Å². The zero-order valence-electron chi connectivity index (χ0n) is 15.7. The smallest absolute Gasteiger partial charge is 0.335 e. The second-order valence-corrected chi connectivity index (χ2v) is 5.03. The van der Waals surface area contributed by atoms with E-state index < -0.39 is 17.8 Å². The molecule has 1 aliphatic rings. The van der Waals surface area contributed by atoms with Gasteiger partial charge in [0.2, 0.25) is 0 Å². The van der Waals surface area contributed by atoms with Gasteiger partial charge in [0.05, 0.1) is 59.3 Å². The molecule has 0 unspecified atom stereocenters. The maximum atomic E-state index is 11.5. The third kappa shape index (κ3) is 13.2. The molecule has 1 fully saturated rings. The van der Waals surface area contributed by atoms with Crippen LogP contribution >= 0.6 is 0 Å². The Morgan fingerprint density at radius 2 is 1.19 bits per heavy atom. The molecule has 160 valence electrons. The Balaban J connectivity index is 0. The normalized spacial score (nSPS) is 13.3. The molecule has 27 heavy (non-hydrogen) atoms. The van der Waals surface area contributed by atoms with Crippen molar-refractivity contribution in [1.29, 1.82) is 0 Å². The van der Waals surface area contributed by atoms with Crippen molar-refractivity contribution in [2.45, 2.75) is 19.3 Å². The molecule has 0 radical (unpaired) electrons. The lowest BCUT2D eigenvalue weighted by atomic mass is 10.4. The van der Waals surface area contributed by atoms with Crippen LogP contribution in [0.15, 0.2) is 0 Å². The predicted molar refractivity (Wildman–Crippen MR) is 94.2 cm³/mol. The van der Waals surface area contributed by atoms with Gasteiger partial charge < -0.3 is 41.8 Å². The van der Waals surface area contributed by atoms with Gasteiger partial charge in [-0.2, -0.15) is 0 Å². The fourth-order valence-electron chi connectivity index (χ4n) is 1.81. The molecule has 8 N–H and O–H groups in total. The average molecular weight is 396 g/mol. The van der Waals surface area contributed by atoms with Gasteiger partial charge in [-0.25, -0.2) is 4.79 Å². The standard InChI is InChI=1S/C15H26N2O8.2H3N/c16-4-6-22-8-10-24-12-11-23-9-7-21-5-3-15(20)25-17-13(18)1-2-14(17)19;;/h1-12,16H2;2*1H3. The van der Waals surface area contributed by atoms with Crippen molar-refractivity contribution in [1.82, 2.24) is 17.4 Å². The molecule has 1 aliphatic heterocycles. The first-order valence-corrected chi connectivity index (χ1v) is 8.22. The second-order valence-electron chi connectivity index (χ2n) is 5.03. The minimum absolute atomic E-state index is 0. The Labute approximate surface area is 158 Å². The van der Waals surface area contributed by atoms with Gasteiger partial charge in [0.1, 0.15) is 0 Å². The Hall–Kier alpha value is -1.67. The molecule has 0 atom stereocenters. The third-order valence-corrected chi connectivity index (χ3v) is 3.03. The summed E-state index contributed by atoms with van der Waals surface area (Å²) >= 11 is 0. The Bertz CT molecular complexity index is 409. The Morgan fingerprint density at radius 1 is 0.778 bits per heavy atom. The van der Waals surface area contributed by atoms with Crippen LogP contribution < -0.4 is 18.0 Å². The molecule has 1 rings (SSSR count). The zero-order chi connectivity index (χ0) is 18.3. The number of amides is 2. The van der Waals surface area contributed by atoms with Gasteiger partial charge in [0, 0.05) is 19.4 Å². The second kappa shape index (κ2) is 17.7. The van der Waals surface area contributed by atoms with Crippen LogP contribution in [0.5, 0.6) is 0 Å². The van der Waals surface area contributed by atoms with E-state index in [0.717, 1.165) is 0 Å². The molecular formula is C15H32N4O8. The molecule has 0 spiro atoms. The molecule has 0 aromatic heterocycles. The van der Waals surface area contributed by atoms with Crippen LogP contribution in [0, 0.1) is 0 Å². The van der Waals surface area contributed by atoms with E-state index in [1.165, 1.54) is 0 Å². The van der Waals surface area contributed by atoms with Gasteiger partial charge in [-0.3, -0.25) is 9.59 Å². The molecule has 0 saturated carbocycles. The first-order valence-electron chi connectivity index (χ1n) is 8.22.